The molecule has 0 saturated carbocycles. The minimum absolute atomic E-state index is 0.119. The van der Waals surface area contributed by atoms with Gasteiger partial charge in [-0.1, -0.05) is 11.6 Å². The zero-order chi connectivity index (χ0) is 9.68. The standard InChI is InChI=1S/C9H12ClNO2/c10-7-2-3-9(8(11)6-7)13-5-1-4-12/h2-3,6,12H,1,4-5,11H2. The van der Waals surface area contributed by atoms with Crippen molar-refractivity contribution in [1.29, 1.82) is 0 Å². The van der Waals surface area contributed by atoms with Gasteiger partial charge >= 0.3 is 0 Å². The van der Waals surface area contributed by atoms with Gasteiger partial charge in [0.05, 0.1) is 12.3 Å². The molecule has 0 saturated heterocycles. The van der Waals surface area contributed by atoms with Crippen molar-refractivity contribution in [3.05, 3.63) is 23.2 Å². The zero-order valence-corrected chi connectivity index (χ0v) is 7.92. The van der Waals surface area contributed by atoms with Crippen molar-refractivity contribution in [2.45, 2.75) is 6.42 Å². The summed E-state index contributed by atoms with van der Waals surface area (Å²) in [5.41, 5.74) is 6.15. The molecule has 0 aromatic heterocycles. The van der Waals surface area contributed by atoms with Crippen LogP contribution in [0.3, 0.4) is 0 Å². The average molecular weight is 202 g/mol. The molecular formula is C9H12ClNO2. The molecule has 0 spiro atoms. The smallest absolute Gasteiger partial charge is 0.142 e. The number of aliphatic hydroxyl groups excluding tert-OH is 1. The molecule has 0 aliphatic rings. The van der Waals surface area contributed by atoms with Crippen LogP contribution in [-0.2, 0) is 0 Å². The van der Waals surface area contributed by atoms with Crippen molar-refractivity contribution >= 4 is 17.3 Å². The third-order valence-corrected chi connectivity index (χ3v) is 1.77. The first-order chi connectivity index (χ1) is 6.24. The van der Waals surface area contributed by atoms with Gasteiger partial charge in [0.1, 0.15) is 5.75 Å². The van der Waals surface area contributed by atoms with Crippen LogP contribution in [0.25, 0.3) is 0 Å². The van der Waals surface area contributed by atoms with Gasteiger partial charge in [-0.05, 0) is 18.2 Å². The van der Waals surface area contributed by atoms with E-state index in [9.17, 15) is 0 Å². The van der Waals surface area contributed by atoms with Crippen LogP contribution in [0, 0.1) is 0 Å². The van der Waals surface area contributed by atoms with Gasteiger partial charge in [-0.15, -0.1) is 0 Å². The second-order valence-electron chi connectivity index (χ2n) is 2.61. The van der Waals surface area contributed by atoms with Crippen molar-refractivity contribution in [3.63, 3.8) is 0 Å². The van der Waals surface area contributed by atoms with Crippen LogP contribution >= 0.6 is 11.6 Å². The van der Waals surface area contributed by atoms with Gasteiger partial charge in [0, 0.05) is 18.1 Å². The lowest BCUT2D eigenvalue weighted by molar-refractivity contribution is 0.234. The van der Waals surface area contributed by atoms with E-state index in [4.69, 9.17) is 27.2 Å². The van der Waals surface area contributed by atoms with Gasteiger partial charge in [0.2, 0.25) is 0 Å². The fourth-order valence-corrected chi connectivity index (χ4v) is 1.08. The first-order valence-electron chi connectivity index (χ1n) is 4.02. The summed E-state index contributed by atoms with van der Waals surface area (Å²) in [6.45, 7) is 0.579. The van der Waals surface area contributed by atoms with Crippen LogP contribution in [0.2, 0.25) is 5.02 Å². The van der Waals surface area contributed by atoms with Crippen molar-refractivity contribution < 1.29 is 9.84 Å². The third kappa shape index (κ3) is 3.13. The van der Waals surface area contributed by atoms with Crippen molar-refractivity contribution in [2.75, 3.05) is 18.9 Å². The Hall–Kier alpha value is -0.930. The Morgan fingerprint density at radius 3 is 2.85 bits per heavy atom. The Balaban J connectivity index is 2.56. The normalized spacial score (nSPS) is 10.0. The molecule has 3 nitrogen and oxygen atoms in total. The molecule has 1 aromatic carbocycles. The van der Waals surface area contributed by atoms with E-state index in [0.29, 0.717) is 29.5 Å². The lowest BCUT2D eigenvalue weighted by atomic mass is 10.3. The monoisotopic (exact) mass is 201 g/mol. The van der Waals surface area contributed by atoms with Gasteiger partial charge in [-0.2, -0.15) is 0 Å². The first-order valence-corrected chi connectivity index (χ1v) is 4.40. The SMILES string of the molecule is Nc1cc(Cl)ccc1OCCCO. The van der Waals surface area contributed by atoms with E-state index < -0.39 is 0 Å². The molecule has 1 rings (SSSR count). The Bertz CT molecular complexity index is 278. The van der Waals surface area contributed by atoms with E-state index in [1.54, 1.807) is 18.2 Å². The van der Waals surface area contributed by atoms with Crippen molar-refractivity contribution in [3.8, 4) is 5.75 Å². The van der Waals surface area contributed by atoms with Crippen LogP contribution in [0.5, 0.6) is 5.75 Å². The summed E-state index contributed by atoms with van der Waals surface area (Å²) in [6, 6.07) is 5.07. The highest BCUT2D eigenvalue weighted by atomic mass is 35.5. The fourth-order valence-electron chi connectivity index (χ4n) is 0.897. The number of nitrogens with two attached hydrogens (primary N) is 1. The van der Waals surface area contributed by atoms with Crippen LogP contribution in [-0.4, -0.2) is 18.3 Å². The summed E-state index contributed by atoms with van der Waals surface area (Å²) in [6.07, 6.45) is 0.599. The van der Waals surface area contributed by atoms with Crippen LogP contribution in [0.15, 0.2) is 18.2 Å². The van der Waals surface area contributed by atoms with Crippen molar-refractivity contribution in [2.24, 2.45) is 0 Å². The molecular weight excluding hydrogens is 190 g/mol. The van der Waals surface area contributed by atoms with E-state index >= 15 is 0 Å². The maximum Gasteiger partial charge on any atom is 0.142 e. The molecule has 4 heteroatoms. The molecule has 0 amide bonds. The van der Waals surface area contributed by atoms with E-state index in [-0.39, 0.29) is 6.61 Å². The highest BCUT2D eigenvalue weighted by Crippen LogP contribution is 2.24. The largest absolute Gasteiger partial charge is 0.491 e. The molecule has 13 heavy (non-hydrogen) atoms. The summed E-state index contributed by atoms with van der Waals surface area (Å²) < 4.78 is 5.29. The second kappa shape index (κ2) is 4.94. The Morgan fingerprint density at radius 1 is 1.46 bits per heavy atom. The number of ether oxygens (including phenoxy) is 1. The quantitative estimate of drug-likeness (QED) is 0.576. The van der Waals surface area contributed by atoms with E-state index in [0.717, 1.165) is 0 Å². The second-order valence-corrected chi connectivity index (χ2v) is 3.04. The summed E-state index contributed by atoms with van der Waals surface area (Å²) in [7, 11) is 0. The number of rotatable bonds is 4. The predicted molar refractivity (Wildman–Crippen MR) is 53.1 cm³/mol. The van der Waals surface area contributed by atoms with Crippen LogP contribution in [0.4, 0.5) is 5.69 Å². The zero-order valence-electron chi connectivity index (χ0n) is 7.16. The maximum atomic E-state index is 8.53. The number of halogens is 1. The number of anilines is 1. The molecule has 1 aromatic rings. The molecule has 72 valence electrons. The Labute approximate surface area is 82.1 Å². The number of nitrogen functional groups attached to an aromatic ring is 1. The number of hydrogen-bond acceptors (Lipinski definition) is 3. The van der Waals surface area contributed by atoms with Gasteiger partial charge in [-0.3, -0.25) is 0 Å². The van der Waals surface area contributed by atoms with Crippen molar-refractivity contribution in [1.82, 2.24) is 0 Å². The highest BCUT2D eigenvalue weighted by Gasteiger charge is 1.99. The Kier molecular flexibility index (Phi) is 3.86. The van der Waals surface area contributed by atoms with E-state index in [1.807, 2.05) is 0 Å². The molecule has 0 bridgehead atoms. The molecule has 0 aliphatic heterocycles. The van der Waals surface area contributed by atoms with E-state index in [2.05, 4.69) is 0 Å². The first kappa shape index (κ1) is 10.2. The van der Waals surface area contributed by atoms with Gasteiger partial charge in [-0.25, -0.2) is 0 Å². The van der Waals surface area contributed by atoms with E-state index in [1.165, 1.54) is 0 Å². The average Bonchev–Trinajstić information content (AvgIpc) is 2.09. The van der Waals surface area contributed by atoms with Gasteiger partial charge in [0.25, 0.3) is 0 Å². The number of benzene rings is 1. The van der Waals surface area contributed by atoms with Crippen LogP contribution in [0.1, 0.15) is 6.42 Å². The lowest BCUT2D eigenvalue weighted by Crippen LogP contribution is -2.01. The summed E-state index contributed by atoms with van der Waals surface area (Å²) in [5, 5.41) is 9.12. The third-order valence-electron chi connectivity index (χ3n) is 1.53. The molecule has 0 atom stereocenters. The molecule has 0 fully saturated rings. The summed E-state index contributed by atoms with van der Waals surface area (Å²) in [5.74, 6) is 0.609. The molecule has 0 radical (unpaired) electrons. The molecule has 0 aliphatic carbocycles. The van der Waals surface area contributed by atoms with Gasteiger partial charge in [0.15, 0.2) is 0 Å². The Morgan fingerprint density at radius 2 is 2.23 bits per heavy atom. The molecule has 3 N–H and O–H groups in total. The van der Waals surface area contributed by atoms with Gasteiger partial charge < -0.3 is 15.6 Å². The lowest BCUT2D eigenvalue weighted by Gasteiger charge is -2.07. The highest BCUT2D eigenvalue weighted by molar-refractivity contribution is 6.30. The minimum Gasteiger partial charge on any atom is -0.491 e. The summed E-state index contributed by atoms with van der Waals surface area (Å²) >= 11 is 5.70. The van der Waals surface area contributed by atoms with Crippen LogP contribution < -0.4 is 10.5 Å². The molecule has 0 unspecified atom stereocenters. The number of aliphatic hydroxyl groups is 1. The maximum absolute atomic E-state index is 8.53. The topological polar surface area (TPSA) is 55.5 Å². The molecule has 0 heterocycles. The minimum atomic E-state index is 0.119. The summed E-state index contributed by atoms with van der Waals surface area (Å²) in [4.78, 5) is 0. The predicted octanol–water partition coefficient (Wildman–Crippen LogP) is 1.68. The fraction of sp³-hybridized carbons (Fsp3) is 0.333. The number of hydrogen-bond donors (Lipinski definition) is 2.